The van der Waals surface area contributed by atoms with Crippen molar-refractivity contribution in [1.82, 2.24) is 4.72 Å². The minimum atomic E-state index is -3.37. The van der Waals surface area contributed by atoms with Crippen LogP contribution in [0.3, 0.4) is 0 Å². The maximum absolute atomic E-state index is 11.2. The molecule has 0 aliphatic rings. The Labute approximate surface area is 103 Å². The third-order valence-corrected chi connectivity index (χ3v) is 4.26. The van der Waals surface area contributed by atoms with Gasteiger partial charge in [0.15, 0.2) is 0 Å². The van der Waals surface area contributed by atoms with Crippen LogP contribution >= 0.6 is 27.5 Å². The molecule has 1 N–H and O–H groups in total. The maximum atomic E-state index is 11.2. The Bertz CT molecular complexity index is 418. The average Bonchev–Trinajstić information content (AvgIpc) is 2.18. The van der Waals surface area contributed by atoms with Gasteiger partial charge in [-0.05, 0) is 24.6 Å². The van der Waals surface area contributed by atoms with Crippen LogP contribution in [0.15, 0.2) is 28.7 Å². The first kappa shape index (κ1) is 13.0. The molecular formula is C9H11BrClNO2S. The van der Waals surface area contributed by atoms with E-state index < -0.39 is 15.2 Å². The third kappa shape index (κ3) is 4.10. The molecule has 0 heterocycles. The van der Waals surface area contributed by atoms with Crippen LogP contribution in [-0.4, -0.2) is 13.6 Å². The highest BCUT2D eigenvalue weighted by Gasteiger charge is 2.13. The lowest BCUT2D eigenvalue weighted by Crippen LogP contribution is -2.27. The summed E-state index contributed by atoms with van der Waals surface area (Å²) in [5.41, 5.74) is 0.895. The molecule has 3 nitrogen and oxygen atoms in total. The molecule has 0 fully saturated rings. The summed E-state index contributed by atoms with van der Waals surface area (Å²) in [4.78, 5) is 0. The SMILES string of the molecule is C[C@H](NS(=O)(=O)CCl)c1ccc(Br)cc1. The van der Waals surface area contributed by atoms with Gasteiger partial charge in [0.05, 0.1) is 0 Å². The van der Waals surface area contributed by atoms with Gasteiger partial charge >= 0.3 is 0 Å². The van der Waals surface area contributed by atoms with E-state index >= 15 is 0 Å². The van der Waals surface area contributed by atoms with E-state index in [1.54, 1.807) is 6.92 Å². The predicted octanol–water partition coefficient (Wildman–Crippen LogP) is 2.63. The maximum Gasteiger partial charge on any atom is 0.226 e. The zero-order chi connectivity index (χ0) is 11.5. The molecule has 1 rings (SSSR count). The zero-order valence-electron chi connectivity index (χ0n) is 8.07. The lowest BCUT2D eigenvalue weighted by Gasteiger charge is -2.13. The van der Waals surface area contributed by atoms with Gasteiger partial charge in [0.1, 0.15) is 5.21 Å². The summed E-state index contributed by atoms with van der Waals surface area (Å²) < 4.78 is 25.8. The molecule has 0 aliphatic carbocycles. The van der Waals surface area contributed by atoms with Gasteiger partial charge in [0.2, 0.25) is 10.0 Å². The van der Waals surface area contributed by atoms with Crippen molar-refractivity contribution in [1.29, 1.82) is 0 Å². The fourth-order valence-electron chi connectivity index (χ4n) is 1.12. The Balaban J connectivity index is 2.78. The van der Waals surface area contributed by atoms with Gasteiger partial charge in [-0.25, -0.2) is 13.1 Å². The largest absolute Gasteiger partial charge is 0.226 e. The lowest BCUT2D eigenvalue weighted by atomic mass is 10.1. The van der Waals surface area contributed by atoms with E-state index in [9.17, 15) is 8.42 Å². The lowest BCUT2D eigenvalue weighted by molar-refractivity contribution is 0.571. The van der Waals surface area contributed by atoms with E-state index in [1.165, 1.54) is 0 Å². The number of rotatable bonds is 4. The van der Waals surface area contributed by atoms with Crippen molar-refractivity contribution in [3.63, 3.8) is 0 Å². The molecule has 1 atom stereocenters. The van der Waals surface area contributed by atoms with Crippen LogP contribution in [0.2, 0.25) is 0 Å². The summed E-state index contributed by atoms with van der Waals surface area (Å²) in [5.74, 6) is 0. The predicted molar refractivity (Wildman–Crippen MR) is 65.3 cm³/mol. The van der Waals surface area contributed by atoms with Crippen LogP contribution in [0, 0.1) is 0 Å². The summed E-state index contributed by atoms with van der Waals surface area (Å²) in [5, 5.41) is -0.423. The molecule has 0 saturated heterocycles. The summed E-state index contributed by atoms with van der Waals surface area (Å²) in [6.07, 6.45) is 0. The van der Waals surface area contributed by atoms with Gasteiger partial charge in [0, 0.05) is 10.5 Å². The normalized spacial score (nSPS) is 13.8. The molecule has 0 amide bonds. The van der Waals surface area contributed by atoms with E-state index in [2.05, 4.69) is 20.7 Å². The Morgan fingerprint density at radius 2 is 1.93 bits per heavy atom. The quantitative estimate of drug-likeness (QED) is 0.869. The minimum Gasteiger partial charge on any atom is -0.211 e. The minimum absolute atomic E-state index is 0.276. The van der Waals surface area contributed by atoms with E-state index in [4.69, 9.17) is 11.6 Å². The van der Waals surface area contributed by atoms with E-state index in [1.807, 2.05) is 24.3 Å². The summed E-state index contributed by atoms with van der Waals surface area (Å²) in [6, 6.07) is 7.15. The van der Waals surface area contributed by atoms with Crippen molar-refractivity contribution in [3.8, 4) is 0 Å². The number of hydrogen-bond donors (Lipinski definition) is 1. The number of nitrogens with one attached hydrogen (secondary N) is 1. The van der Waals surface area contributed by atoms with E-state index in [0.29, 0.717) is 0 Å². The Morgan fingerprint density at radius 3 is 2.40 bits per heavy atom. The van der Waals surface area contributed by atoms with Crippen LogP contribution in [0.25, 0.3) is 0 Å². The van der Waals surface area contributed by atoms with E-state index in [0.717, 1.165) is 10.0 Å². The van der Waals surface area contributed by atoms with E-state index in [-0.39, 0.29) is 6.04 Å². The Kier molecular flexibility index (Phi) is 4.58. The topological polar surface area (TPSA) is 46.2 Å². The van der Waals surface area contributed by atoms with Crippen molar-refractivity contribution in [2.45, 2.75) is 13.0 Å². The molecule has 1 aromatic rings. The van der Waals surface area contributed by atoms with Crippen molar-refractivity contribution >= 4 is 37.6 Å². The molecule has 0 aliphatic heterocycles. The van der Waals surface area contributed by atoms with Gasteiger partial charge in [-0.1, -0.05) is 28.1 Å². The summed E-state index contributed by atoms with van der Waals surface area (Å²) >= 11 is 8.60. The molecule has 0 saturated carbocycles. The molecule has 15 heavy (non-hydrogen) atoms. The Morgan fingerprint density at radius 1 is 1.40 bits per heavy atom. The second kappa shape index (κ2) is 5.30. The highest BCUT2D eigenvalue weighted by molar-refractivity contribution is 9.10. The van der Waals surface area contributed by atoms with Gasteiger partial charge < -0.3 is 0 Å². The fraction of sp³-hybridized carbons (Fsp3) is 0.333. The molecule has 0 radical (unpaired) electrons. The molecule has 0 unspecified atom stereocenters. The number of sulfonamides is 1. The fourth-order valence-corrected chi connectivity index (χ4v) is 2.31. The summed E-state index contributed by atoms with van der Waals surface area (Å²) in [6.45, 7) is 1.77. The molecule has 0 aromatic heterocycles. The van der Waals surface area contributed by atoms with Crippen LogP contribution < -0.4 is 4.72 Å². The number of alkyl halides is 1. The van der Waals surface area contributed by atoms with Crippen LogP contribution in [0.4, 0.5) is 0 Å². The number of benzene rings is 1. The molecule has 84 valence electrons. The van der Waals surface area contributed by atoms with Gasteiger partial charge in [0.25, 0.3) is 0 Å². The third-order valence-electron chi connectivity index (χ3n) is 1.87. The smallest absolute Gasteiger partial charge is 0.211 e. The van der Waals surface area contributed by atoms with Crippen molar-refractivity contribution in [2.24, 2.45) is 0 Å². The highest BCUT2D eigenvalue weighted by Crippen LogP contribution is 2.17. The van der Waals surface area contributed by atoms with Crippen LogP contribution in [-0.2, 0) is 10.0 Å². The van der Waals surface area contributed by atoms with Crippen molar-refractivity contribution in [2.75, 3.05) is 5.21 Å². The van der Waals surface area contributed by atoms with Gasteiger partial charge in [-0.2, -0.15) is 0 Å². The number of hydrogen-bond acceptors (Lipinski definition) is 2. The molecule has 6 heteroatoms. The zero-order valence-corrected chi connectivity index (χ0v) is 11.2. The second-order valence-electron chi connectivity index (χ2n) is 3.11. The summed E-state index contributed by atoms with van der Waals surface area (Å²) in [7, 11) is -3.37. The monoisotopic (exact) mass is 311 g/mol. The molecule has 1 aromatic carbocycles. The van der Waals surface area contributed by atoms with Crippen molar-refractivity contribution < 1.29 is 8.42 Å². The van der Waals surface area contributed by atoms with Gasteiger partial charge in [-0.3, -0.25) is 0 Å². The second-order valence-corrected chi connectivity index (χ2v) is 6.37. The van der Waals surface area contributed by atoms with Crippen LogP contribution in [0.5, 0.6) is 0 Å². The van der Waals surface area contributed by atoms with Crippen LogP contribution in [0.1, 0.15) is 18.5 Å². The highest BCUT2D eigenvalue weighted by atomic mass is 79.9. The van der Waals surface area contributed by atoms with Gasteiger partial charge in [-0.15, -0.1) is 11.6 Å². The Hall–Kier alpha value is -0.100. The molecule has 0 spiro atoms. The average molecular weight is 313 g/mol. The first-order valence-electron chi connectivity index (χ1n) is 4.26. The molecule has 0 bridgehead atoms. The standard InChI is InChI=1S/C9H11BrClNO2S/c1-7(12-15(13,14)6-11)8-2-4-9(10)5-3-8/h2-5,7,12H,6H2,1H3/t7-/m0/s1. The number of halogens is 2. The molecular weight excluding hydrogens is 302 g/mol. The first-order chi connectivity index (χ1) is 6.94. The first-order valence-corrected chi connectivity index (χ1v) is 7.24. The van der Waals surface area contributed by atoms with Crippen molar-refractivity contribution in [3.05, 3.63) is 34.3 Å².